The van der Waals surface area contributed by atoms with Crippen molar-refractivity contribution in [3.05, 3.63) is 48.2 Å². The van der Waals surface area contributed by atoms with Crippen LogP contribution in [0.3, 0.4) is 0 Å². The van der Waals surface area contributed by atoms with E-state index in [1.54, 1.807) is 24.3 Å². The van der Waals surface area contributed by atoms with Gasteiger partial charge in [-0.1, -0.05) is 0 Å². The molecule has 0 unspecified atom stereocenters. The lowest BCUT2D eigenvalue weighted by molar-refractivity contribution is -0.139. The van der Waals surface area contributed by atoms with Gasteiger partial charge in [0.2, 0.25) is 21.8 Å². The Morgan fingerprint density at radius 2 is 1.64 bits per heavy atom. The highest BCUT2D eigenvalue weighted by atomic mass is 32.2. The molecule has 0 bridgehead atoms. The van der Waals surface area contributed by atoms with Crippen LogP contribution in [-0.2, 0) is 25.8 Å². The number of sulfonamides is 1. The highest BCUT2D eigenvalue weighted by Crippen LogP contribution is 2.31. The van der Waals surface area contributed by atoms with Gasteiger partial charge in [0.25, 0.3) is 0 Å². The van der Waals surface area contributed by atoms with E-state index in [4.69, 9.17) is 0 Å². The Balaban J connectivity index is 1.15. The number of piperidine rings is 2. The molecule has 0 saturated carbocycles. The first-order valence-corrected chi connectivity index (χ1v) is 14.1. The molecule has 3 fully saturated rings. The van der Waals surface area contributed by atoms with E-state index in [2.05, 4.69) is 25.8 Å². The van der Waals surface area contributed by atoms with Gasteiger partial charge in [-0.15, -0.1) is 0 Å². The Hall–Kier alpha value is -3.39. The van der Waals surface area contributed by atoms with Gasteiger partial charge in [0.15, 0.2) is 0 Å². The average molecular weight is 567 g/mol. The number of rotatable bonds is 5. The van der Waals surface area contributed by atoms with E-state index >= 15 is 0 Å². The number of aromatic nitrogens is 1. The number of anilines is 2. The number of halogens is 3. The molecule has 0 atom stereocenters. The van der Waals surface area contributed by atoms with E-state index in [0.717, 1.165) is 18.0 Å². The summed E-state index contributed by atoms with van der Waals surface area (Å²) in [6, 6.07) is 8.76. The lowest BCUT2D eigenvalue weighted by atomic mass is 9.85. The van der Waals surface area contributed by atoms with Crippen LogP contribution in [0.25, 0.3) is 0 Å². The highest BCUT2D eigenvalue weighted by molar-refractivity contribution is 7.89. The first-order chi connectivity index (χ1) is 18.5. The number of pyridine rings is 1. The van der Waals surface area contributed by atoms with Gasteiger partial charge in [0.05, 0.1) is 17.0 Å². The summed E-state index contributed by atoms with van der Waals surface area (Å²) in [6.07, 6.45) is -1.80. The average Bonchev–Trinajstić information content (AvgIpc) is 2.92. The summed E-state index contributed by atoms with van der Waals surface area (Å²) < 4.78 is 66.1. The molecule has 3 aliphatic heterocycles. The van der Waals surface area contributed by atoms with E-state index in [1.165, 1.54) is 10.4 Å². The van der Waals surface area contributed by atoms with Crippen molar-refractivity contribution in [2.24, 2.45) is 0 Å². The SMILES string of the molecule is O=C1CNC(=O)C2(CCN(c3ccc(S(=O)(=O)N4CCC(Nc5ccc(C(F)(F)F)cn5)CC4)cc3)CC2)N1. The molecule has 3 N–H and O–H groups in total. The topological polar surface area (TPSA) is 124 Å². The van der Waals surface area contributed by atoms with Crippen LogP contribution in [0, 0.1) is 0 Å². The predicted molar refractivity (Wildman–Crippen MR) is 136 cm³/mol. The molecule has 0 radical (unpaired) electrons. The van der Waals surface area contributed by atoms with E-state index < -0.39 is 27.3 Å². The van der Waals surface area contributed by atoms with Gasteiger partial charge in [-0.25, -0.2) is 13.4 Å². The second-order valence-corrected chi connectivity index (χ2v) is 12.0. The Labute approximate surface area is 224 Å². The molecule has 3 saturated heterocycles. The third-order valence-electron chi connectivity index (χ3n) is 7.58. The fourth-order valence-electron chi connectivity index (χ4n) is 5.27. The maximum absolute atomic E-state index is 13.2. The molecular formula is C25H29F3N6O4S. The van der Waals surface area contributed by atoms with E-state index in [-0.39, 0.29) is 42.4 Å². The summed E-state index contributed by atoms with van der Waals surface area (Å²) in [5, 5.41) is 8.56. The van der Waals surface area contributed by atoms with E-state index in [9.17, 15) is 31.2 Å². The maximum atomic E-state index is 13.2. The molecular weight excluding hydrogens is 537 g/mol. The van der Waals surface area contributed by atoms with Crippen molar-refractivity contribution in [1.29, 1.82) is 0 Å². The molecule has 3 aliphatic rings. The normalized spacial score (nSPS) is 20.9. The number of nitrogens with zero attached hydrogens (tertiary/aromatic N) is 3. The Morgan fingerprint density at radius 3 is 2.23 bits per heavy atom. The van der Waals surface area contributed by atoms with Crippen molar-refractivity contribution in [3.8, 4) is 0 Å². The van der Waals surface area contributed by atoms with Gasteiger partial charge >= 0.3 is 6.18 Å². The quantitative estimate of drug-likeness (QED) is 0.506. The largest absolute Gasteiger partial charge is 0.417 e. The number of amides is 2. The molecule has 1 aromatic heterocycles. The summed E-state index contributed by atoms with van der Waals surface area (Å²) >= 11 is 0. The second kappa shape index (κ2) is 10.3. The molecule has 5 rings (SSSR count). The molecule has 2 amide bonds. The highest BCUT2D eigenvalue weighted by Gasteiger charge is 2.45. The monoisotopic (exact) mass is 566 g/mol. The second-order valence-electron chi connectivity index (χ2n) is 10.0. The fraction of sp³-hybridized carbons (Fsp3) is 0.480. The first kappa shape index (κ1) is 27.2. The van der Waals surface area contributed by atoms with Crippen LogP contribution in [0.1, 0.15) is 31.2 Å². The number of alkyl halides is 3. The van der Waals surface area contributed by atoms with Gasteiger partial charge in [-0.2, -0.15) is 17.5 Å². The summed E-state index contributed by atoms with van der Waals surface area (Å²) in [6.45, 7) is 1.60. The molecule has 39 heavy (non-hydrogen) atoms. The van der Waals surface area contributed by atoms with Crippen LogP contribution >= 0.6 is 0 Å². The van der Waals surface area contributed by atoms with Crippen molar-refractivity contribution in [2.75, 3.05) is 42.9 Å². The number of carbonyl (C=O) groups excluding carboxylic acids is 2. The molecule has 4 heterocycles. The summed E-state index contributed by atoms with van der Waals surface area (Å²) in [5.41, 5.74) is -0.883. The van der Waals surface area contributed by atoms with Crippen molar-refractivity contribution in [3.63, 3.8) is 0 Å². The number of piperazine rings is 1. The van der Waals surface area contributed by atoms with Gasteiger partial charge in [-0.3, -0.25) is 9.59 Å². The minimum absolute atomic E-state index is 0.00915. The van der Waals surface area contributed by atoms with Crippen molar-refractivity contribution in [1.82, 2.24) is 19.9 Å². The minimum atomic E-state index is -4.45. The first-order valence-electron chi connectivity index (χ1n) is 12.7. The molecule has 0 aliphatic carbocycles. The zero-order valence-corrected chi connectivity index (χ0v) is 21.8. The molecule has 10 nitrogen and oxygen atoms in total. The zero-order valence-electron chi connectivity index (χ0n) is 21.0. The Kier molecular flexibility index (Phi) is 7.18. The number of hydrogen-bond donors (Lipinski definition) is 3. The Morgan fingerprint density at radius 1 is 0.974 bits per heavy atom. The van der Waals surface area contributed by atoms with Crippen molar-refractivity contribution in [2.45, 2.75) is 48.3 Å². The van der Waals surface area contributed by atoms with Crippen LogP contribution in [-0.4, -0.2) is 73.8 Å². The van der Waals surface area contributed by atoms with Crippen LogP contribution in [0.5, 0.6) is 0 Å². The van der Waals surface area contributed by atoms with Crippen molar-refractivity contribution < 1.29 is 31.2 Å². The third-order valence-corrected chi connectivity index (χ3v) is 9.49. The summed E-state index contributed by atoms with van der Waals surface area (Å²) in [5.74, 6) is -0.0542. The predicted octanol–water partition coefficient (Wildman–Crippen LogP) is 1.95. The van der Waals surface area contributed by atoms with Crippen LogP contribution < -0.4 is 20.9 Å². The van der Waals surface area contributed by atoms with Gasteiger partial charge in [0, 0.05) is 44.1 Å². The molecule has 1 spiro atoms. The number of nitrogens with one attached hydrogen (secondary N) is 3. The van der Waals surface area contributed by atoms with Crippen LogP contribution in [0.4, 0.5) is 24.7 Å². The van der Waals surface area contributed by atoms with Gasteiger partial charge in [0.1, 0.15) is 11.4 Å². The zero-order chi connectivity index (χ0) is 27.8. The minimum Gasteiger partial charge on any atom is -0.371 e. The lowest BCUT2D eigenvalue weighted by Gasteiger charge is -2.43. The lowest BCUT2D eigenvalue weighted by Crippen LogP contribution is -2.68. The molecule has 1 aromatic carbocycles. The summed E-state index contributed by atoms with van der Waals surface area (Å²) in [4.78, 5) is 30.2. The standard InChI is InChI=1S/C25H29F3N6O4S/c26-25(27,28)17-1-6-21(29-15-17)31-18-7-11-34(12-8-18)39(37,38)20-4-2-19(3-5-20)33-13-9-24(10-14-33)23(36)30-16-22(35)32-24/h1-6,15,18H,7-14,16H2,(H,29,31)(H,30,36)(H,32,35). The van der Waals surface area contributed by atoms with E-state index in [0.29, 0.717) is 44.6 Å². The maximum Gasteiger partial charge on any atom is 0.417 e. The van der Waals surface area contributed by atoms with E-state index in [1.807, 2.05) is 0 Å². The molecule has 14 heteroatoms. The van der Waals surface area contributed by atoms with Gasteiger partial charge in [-0.05, 0) is 62.1 Å². The van der Waals surface area contributed by atoms with Crippen LogP contribution in [0.2, 0.25) is 0 Å². The summed E-state index contributed by atoms with van der Waals surface area (Å²) in [7, 11) is -3.72. The number of carbonyl (C=O) groups is 2. The van der Waals surface area contributed by atoms with Crippen molar-refractivity contribution >= 4 is 33.3 Å². The molecule has 2 aromatic rings. The van der Waals surface area contributed by atoms with Gasteiger partial charge < -0.3 is 20.9 Å². The fourth-order valence-corrected chi connectivity index (χ4v) is 6.74. The Bertz CT molecular complexity index is 1320. The third kappa shape index (κ3) is 5.66. The number of hydrogen-bond acceptors (Lipinski definition) is 7. The smallest absolute Gasteiger partial charge is 0.371 e. The molecule has 210 valence electrons. The number of benzene rings is 1. The van der Waals surface area contributed by atoms with Crippen LogP contribution in [0.15, 0.2) is 47.5 Å².